The second kappa shape index (κ2) is 29.6. The third-order valence-corrected chi connectivity index (χ3v) is 26.8. The van der Waals surface area contributed by atoms with Crippen LogP contribution in [0.5, 0.6) is 0 Å². The zero-order valence-electron chi connectivity index (χ0n) is 70.2. The van der Waals surface area contributed by atoms with Crippen LogP contribution in [0.2, 0.25) is 0 Å². The SMILES string of the molecule is CC(C)(C)c1ccc(N(c2ccc3ccccc3c2)c2c[n-][n+](Cc3ccc4c(c3)c3ccccc3n4-c3ccc4c(c3)C(c3ccccc3)(c3ccccc3)c3ccc(-c5cccc6cc(N(c7ccc(F)cc7)c7cnc(-c8ccc9c(c8)c8ccccc8n9-c8ccc9c(c8)C(c8ccccc8)(c8ccccc8)c8ccccc8-9)nc7)ccc56)cc3-4)c2)cc1. The molecule has 0 fully saturated rings. The van der Waals surface area contributed by atoms with E-state index in [1.807, 2.05) is 30.7 Å². The van der Waals surface area contributed by atoms with Crippen LogP contribution >= 0.6 is 0 Å². The highest BCUT2D eigenvalue weighted by Gasteiger charge is 2.48. The van der Waals surface area contributed by atoms with E-state index in [4.69, 9.17) is 15.1 Å². The Labute approximate surface area is 735 Å². The van der Waals surface area contributed by atoms with E-state index in [0.717, 1.165) is 111 Å². The van der Waals surface area contributed by atoms with Crippen LogP contribution in [0.25, 0.3) is 121 Å². The highest BCUT2D eigenvalue weighted by atomic mass is 19.1. The summed E-state index contributed by atoms with van der Waals surface area (Å²) in [5.41, 5.74) is 31.1. The Morgan fingerprint density at radius 2 is 0.795 bits per heavy atom. The monoisotopic (exact) mass is 1630 g/mol. The topological polar surface area (TPSA) is 60.1 Å². The van der Waals surface area contributed by atoms with Crippen LogP contribution < -0.4 is 19.6 Å². The minimum absolute atomic E-state index is 0.0229. The smallest absolute Gasteiger partial charge is 0.182 e. The van der Waals surface area contributed by atoms with E-state index in [9.17, 15) is 0 Å². The third kappa shape index (κ3) is 12.0. The predicted molar refractivity (Wildman–Crippen MR) is 518 cm³/mol. The van der Waals surface area contributed by atoms with Crippen molar-refractivity contribution in [2.75, 3.05) is 9.80 Å². The van der Waals surface area contributed by atoms with Gasteiger partial charge in [0.25, 0.3) is 0 Å². The lowest BCUT2D eigenvalue weighted by Gasteiger charge is -2.34. The van der Waals surface area contributed by atoms with Crippen LogP contribution in [-0.4, -0.2) is 19.1 Å². The lowest BCUT2D eigenvalue weighted by atomic mass is 9.67. The molecule has 4 aromatic heterocycles. The summed E-state index contributed by atoms with van der Waals surface area (Å²) in [5, 5.41) is 14.2. The van der Waals surface area contributed by atoms with Gasteiger partial charge in [-0.2, -0.15) is 0 Å². The molecule has 0 unspecified atom stereocenters. The van der Waals surface area contributed by atoms with Gasteiger partial charge in [0.05, 0.1) is 56.7 Å². The Morgan fingerprint density at radius 3 is 1.42 bits per heavy atom. The summed E-state index contributed by atoms with van der Waals surface area (Å²) in [5.74, 6) is 0.272. The number of hydrogen-bond donors (Lipinski definition) is 0. The summed E-state index contributed by atoms with van der Waals surface area (Å²) >= 11 is 0. The van der Waals surface area contributed by atoms with Crippen molar-refractivity contribution in [3.63, 3.8) is 0 Å². The minimum Gasteiger partial charge on any atom is -0.416 e. The molecule has 0 N–H and O–H groups in total. The average molecular weight is 1630 g/mol. The number of rotatable bonds is 16. The number of nitrogens with zero attached hydrogens (tertiary/aromatic N) is 8. The molecule has 0 saturated carbocycles. The summed E-state index contributed by atoms with van der Waals surface area (Å²) in [7, 11) is 0. The molecule has 0 spiro atoms. The van der Waals surface area contributed by atoms with Gasteiger partial charge in [0.15, 0.2) is 18.6 Å². The molecule has 2 aliphatic rings. The first-order chi connectivity index (χ1) is 62.5. The molecule has 0 radical (unpaired) electrons. The molecule has 4 heterocycles. The number of benzene rings is 18. The first kappa shape index (κ1) is 74.7. The second-order valence-corrected chi connectivity index (χ2v) is 34.9. The van der Waals surface area contributed by atoms with Crippen molar-refractivity contribution in [3.8, 4) is 56.1 Å². The maximum absolute atomic E-state index is 15.1. The maximum atomic E-state index is 15.1. The van der Waals surface area contributed by atoms with Crippen LogP contribution in [0.3, 0.4) is 0 Å². The number of hydrogen-bond acceptors (Lipinski definition) is 4. The van der Waals surface area contributed by atoms with Gasteiger partial charge in [0.1, 0.15) is 5.82 Å². The fourth-order valence-electron chi connectivity index (χ4n) is 21.0. The number of halogens is 1. The highest BCUT2D eigenvalue weighted by molar-refractivity contribution is 6.12. The van der Waals surface area contributed by atoms with E-state index in [1.165, 1.54) is 106 Å². The van der Waals surface area contributed by atoms with E-state index < -0.39 is 10.8 Å². The van der Waals surface area contributed by atoms with Gasteiger partial charge in [-0.1, -0.05) is 306 Å². The van der Waals surface area contributed by atoms with Gasteiger partial charge in [-0.15, -0.1) is 0 Å². The van der Waals surface area contributed by atoms with Crippen LogP contribution in [0.15, 0.2) is 437 Å². The first-order valence-corrected chi connectivity index (χ1v) is 43.6. The number of fused-ring (bicyclic) bond motifs is 14. The Hall–Kier alpha value is -16.1. The van der Waals surface area contributed by atoms with Crippen molar-refractivity contribution in [2.24, 2.45) is 0 Å². The fourth-order valence-corrected chi connectivity index (χ4v) is 21.0. The quantitative estimate of drug-likeness (QED) is 0.0902. The van der Waals surface area contributed by atoms with Crippen molar-refractivity contribution in [1.82, 2.24) is 24.2 Å². The largest absolute Gasteiger partial charge is 0.416 e. The molecule has 0 amide bonds. The van der Waals surface area contributed by atoms with Gasteiger partial charge in [-0.3, -0.25) is 4.68 Å². The van der Waals surface area contributed by atoms with E-state index in [1.54, 1.807) is 0 Å². The molecule has 0 atom stereocenters. The predicted octanol–water partition coefficient (Wildman–Crippen LogP) is 28.7. The van der Waals surface area contributed by atoms with E-state index >= 15 is 4.39 Å². The van der Waals surface area contributed by atoms with Gasteiger partial charge in [0.2, 0.25) is 0 Å². The zero-order chi connectivity index (χ0) is 84.6. The van der Waals surface area contributed by atoms with Crippen molar-refractivity contribution in [3.05, 3.63) is 499 Å². The summed E-state index contributed by atoms with van der Waals surface area (Å²) in [6, 6.07) is 150. The van der Waals surface area contributed by atoms with E-state index in [0.29, 0.717) is 12.4 Å². The van der Waals surface area contributed by atoms with Crippen molar-refractivity contribution in [1.29, 1.82) is 0 Å². The van der Waals surface area contributed by atoms with Gasteiger partial charge < -0.3 is 24.0 Å². The number of para-hydroxylation sites is 2. The molecule has 18 aromatic carbocycles. The molecular formula is C118H83FN8. The summed E-state index contributed by atoms with van der Waals surface area (Å²) < 4.78 is 22.0. The summed E-state index contributed by atoms with van der Waals surface area (Å²) in [4.78, 5) is 14.8. The van der Waals surface area contributed by atoms with Gasteiger partial charge in [-0.25, -0.2) is 14.4 Å². The van der Waals surface area contributed by atoms with Crippen molar-refractivity contribution < 1.29 is 9.07 Å². The van der Waals surface area contributed by atoms with Gasteiger partial charge >= 0.3 is 0 Å². The molecule has 8 nitrogen and oxygen atoms in total. The average Bonchev–Trinajstić information content (AvgIpc) is 1.54. The van der Waals surface area contributed by atoms with Crippen LogP contribution in [0.4, 0.5) is 38.5 Å². The Morgan fingerprint density at radius 1 is 0.323 bits per heavy atom. The lowest BCUT2D eigenvalue weighted by Crippen LogP contribution is -2.37. The molecule has 0 saturated heterocycles. The fraction of sp³-hybridized carbons (Fsp3) is 0.0593. The minimum atomic E-state index is -0.690. The standard InChI is InChI=1S/C118H83FN8/c1-116(2,3)83-47-52-89(53-48-83)125(91-51-44-78-25-16-17-26-79(78)66-91)96-74-122-123(76-96)75-77-43-63-113-105(65-77)102-37-19-22-41-111(102)126(113)94-58-61-101-104-68-81(45-62-108(104)118(110(101)71-94,86-32-12-6-13-33-86)87-34-14-7-15-35-87)97-39-24-27-80-67-92(56-59-98(80)97)124(90-54-49-88(119)50-55-90)95-72-120-115(121-73-95)82-46-64-114-106(69-82)103-38-20-23-42-112(103)127(114)93-57-60-100-99-36-18-21-40-107(99)117(109(100)70-93,84-28-8-4-9-29-84)85-30-10-5-11-31-85/h4-74,76H,75H2,1-3H3. The second-order valence-electron chi connectivity index (χ2n) is 34.9. The highest BCUT2D eigenvalue weighted by Crippen LogP contribution is 2.60. The van der Waals surface area contributed by atoms with Crippen LogP contribution in [-0.2, 0) is 22.8 Å². The molecule has 9 heteroatoms. The lowest BCUT2D eigenvalue weighted by molar-refractivity contribution is -0.746. The molecule has 602 valence electrons. The molecule has 2 aliphatic carbocycles. The van der Waals surface area contributed by atoms with Gasteiger partial charge in [-0.05, 0) is 244 Å². The van der Waals surface area contributed by atoms with Crippen LogP contribution in [0.1, 0.15) is 76.4 Å². The number of aromatic nitrogens is 6. The van der Waals surface area contributed by atoms with Crippen molar-refractivity contribution >= 4 is 99.3 Å². The Balaban J connectivity index is 0.566. The first-order valence-electron chi connectivity index (χ1n) is 43.6. The Kier molecular flexibility index (Phi) is 17.4. The van der Waals surface area contributed by atoms with Crippen molar-refractivity contribution in [2.45, 2.75) is 43.6 Å². The number of anilines is 6. The molecular weight excluding hydrogens is 1550 g/mol. The Bertz CT molecular complexity index is 8010. The van der Waals surface area contributed by atoms with E-state index in [-0.39, 0.29) is 11.2 Å². The molecule has 22 aromatic rings. The zero-order valence-corrected chi connectivity index (χ0v) is 70.2. The third-order valence-electron chi connectivity index (χ3n) is 26.8. The normalized spacial score (nSPS) is 13.0. The van der Waals surface area contributed by atoms with Gasteiger partial charge in [0, 0.05) is 66.8 Å². The summed E-state index contributed by atoms with van der Waals surface area (Å²) in [6.07, 6.45) is 7.94. The van der Waals surface area contributed by atoms with E-state index in [2.05, 4.69) is 439 Å². The summed E-state index contributed by atoms with van der Waals surface area (Å²) in [6.45, 7) is 7.36. The maximum Gasteiger partial charge on any atom is 0.182 e. The molecule has 0 bridgehead atoms. The molecule has 0 aliphatic heterocycles. The van der Waals surface area contributed by atoms with Crippen LogP contribution in [0, 0.1) is 5.82 Å². The molecule has 127 heavy (non-hydrogen) atoms. The molecule has 24 rings (SSSR count).